The number of aromatic amines is 1. The van der Waals surface area contributed by atoms with Crippen molar-refractivity contribution < 1.29 is 9.90 Å². The lowest BCUT2D eigenvalue weighted by Gasteiger charge is -2.15. The molecule has 1 aromatic heterocycles. The molecule has 4 rings (SSSR count). The molecule has 2 aliphatic carbocycles. The van der Waals surface area contributed by atoms with Crippen LogP contribution in [0.3, 0.4) is 0 Å². The largest absolute Gasteiger partial charge is 0.391 e. The van der Waals surface area contributed by atoms with E-state index in [9.17, 15) is 14.7 Å². The summed E-state index contributed by atoms with van der Waals surface area (Å²) < 4.78 is 0. The number of aliphatic hydroxyl groups is 1. The minimum absolute atomic E-state index is 0.193. The smallest absolute Gasteiger partial charge is 0.272 e. The van der Waals surface area contributed by atoms with Crippen LogP contribution < -0.4 is 5.56 Å². The molecule has 3 aliphatic rings. The van der Waals surface area contributed by atoms with Gasteiger partial charge in [-0.1, -0.05) is 0 Å². The van der Waals surface area contributed by atoms with Gasteiger partial charge in [-0.25, -0.2) is 4.98 Å². The highest BCUT2D eigenvalue weighted by Crippen LogP contribution is 2.41. The van der Waals surface area contributed by atoms with Crippen LogP contribution in [0.15, 0.2) is 10.9 Å². The van der Waals surface area contributed by atoms with Crippen molar-refractivity contribution in [2.24, 2.45) is 11.8 Å². The molecule has 1 aromatic rings. The molecular weight excluding hydrogens is 270 g/mol. The molecule has 0 spiro atoms. The van der Waals surface area contributed by atoms with Crippen molar-refractivity contribution in [3.8, 4) is 0 Å². The minimum atomic E-state index is -0.439. The fourth-order valence-electron chi connectivity index (χ4n) is 3.26. The van der Waals surface area contributed by atoms with Gasteiger partial charge in [-0.05, 0) is 31.6 Å². The van der Waals surface area contributed by atoms with Crippen LogP contribution in [0.2, 0.25) is 0 Å². The van der Waals surface area contributed by atoms with Crippen LogP contribution in [-0.2, 0) is 0 Å². The molecule has 0 unspecified atom stereocenters. The zero-order valence-electron chi connectivity index (χ0n) is 11.8. The second-order valence-electron chi connectivity index (χ2n) is 6.57. The van der Waals surface area contributed by atoms with E-state index in [4.69, 9.17) is 0 Å². The number of nitrogens with one attached hydrogen (secondary N) is 1. The fraction of sp³-hybridized carbons (Fsp3) is 0.667. The van der Waals surface area contributed by atoms with Crippen molar-refractivity contribution in [1.82, 2.24) is 14.9 Å². The normalized spacial score (nSPS) is 28.9. The SMILES string of the molecule is O=C(c1cc(=O)[nH]c(C2CC2)n1)N1C[C@@H](O)[C@H](C2CC2)C1. The lowest BCUT2D eigenvalue weighted by molar-refractivity contribution is 0.0758. The Bertz CT molecular complexity index is 633. The number of hydrogen-bond donors (Lipinski definition) is 2. The molecule has 0 aromatic carbocycles. The van der Waals surface area contributed by atoms with Crippen LogP contribution in [-0.4, -0.2) is 45.1 Å². The van der Waals surface area contributed by atoms with Gasteiger partial charge >= 0.3 is 0 Å². The topological polar surface area (TPSA) is 86.3 Å². The van der Waals surface area contributed by atoms with Crippen molar-refractivity contribution in [3.05, 3.63) is 27.9 Å². The number of β-amino-alcohol motifs (C(OH)–C–C–N with tert-alkyl or cyclic N) is 1. The predicted molar refractivity (Wildman–Crippen MR) is 75.0 cm³/mol. The Labute approximate surface area is 122 Å². The number of likely N-dealkylation sites (tertiary alicyclic amines) is 1. The number of hydrogen-bond acceptors (Lipinski definition) is 4. The molecule has 0 bridgehead atoms. The maximum Gasteiger partial charge on any atom is 0.272 e. The molecule has 0 radical (unpaired) electrons. The van der Waals surface area contributed by atoms with Gasteiger partial charge in [0.25, 0.3) is 11.5 Å². The van der Waals surface area contributed by atoms with E-state index in [0.29, 0.717) is 30.7 Å². The van der Waals surface area contributed by atoms with Gasteiger partial charge in [0.05, 0.1) is 6.10 Å². The fourth-order valence-corrected chi connectivity index (χ4v) is 3.26. The van der Waals surface area contributed by atoms with Gasteiger partial charge in [-0.3, -0.25) is 9.59 Å². The zero-order valence-corrected chi connectivity index (χ0v) is 11.8. The highest BCUT2D eigenvalue weighted by molar-refractivity contribution is 5.92. The van der Waals surface area contributed by atoms with Crippen molar-refractivity contribution in [3.63, 3.8) is 0 Å². The van der Waals surface area contributed by atoms with Crippen molar-refractivity contribution in [2.75, 3.05) is 13.1 Å². The second kappa shape index (κ2) is 4.66. The molecule has 112 valence electrons. The number of amides is 1. The highest BCUT2D eigenvalue weighted by atomic mass is 16.3. The average molecular weight is 289 g/mol. The Hall–Kier alpha value is -1.69. The van der Waals surface area contributed by atoms with Gasteiger partial charge in [-0.15, -0.1) is 0 Å². The molecule has 6 nitrogen and oxygen atoms in total. The van der Waals surface area contributed by atoms with Crippen LogP contribution in [0.4, 0.5) is 0 Å². The van der Waals surface area contributed by atoms with E-state index in [1.807, 2.05) is 0 Å². The van der Waals surface area contributed by atoms with Gasteiger partial charge < -0.3 is 15.0 Å². The Kier molecular flexibility index (Phi) is 2.89. The first kappa shape index (κ1) is 13.0. The first-order valence-electron chi connectivity index (χ1n) is 7.70. The average Bonchev–Trinajstić information content (AvgIpc) is 3.35. The van der Waals surface area contributed by atoms with Crippen molar-refractivity contribution in [1.29, 1.82) is 0 Å². The molecule has 2 atom stereocenters. The van der Waals surface area contributed by atoms with Crippen LogP contribution in [0.1, 0.15) is 47.9 Å². The molecule has 6 heteroatoms. The number of carbonyl (C=O) groups is 1. The molecule has 2 saturated carbocycles. The standard InChI is InChI=1S/C15H19N3O3/c19-12-7-18(6-10(12)8-1-2-8)15(21)11-5-13(20)17-14(16-11)9-3-4-9/h5,8-10,12,19H,1-4,6-7H2,(H,16,17,20)/t10-,12+/m0/s1. The molecule has 1 saturated heterocycles. The Morgan fingerprint density at radius 3 is 2.71 bits per heavy atom. The lowest BCUT2D eigenvalue weighted by atomic mass is 10.0. The third kappa shape index (κ3) is 2.48. The lowest BCUT2D eigenvalue weighted by Crippen LogP contribution is -2.31. The minimum Gasteiger partial charge on any atom is -0.391 e. The summed E-state index contributed by atoms with van der Waals surface area (Å²) in [6.45, 7) is 0.936. The van der Waals surface area contributed by atoms with E-state index < -0.39 is 6.10 Å². The zero-order chi connectivity index (χ0) is 14.6. The highest BCUT2D eigenvalue weighted by Gasteiger charge is 2.43. The molecule has 1 amide bonds. The summed E-state index contributed by atoms with van der Waals surface area (Å²) in [5.74, 6) is 1.45. The summed E-state index contributed by atoms with van der Waals surface area (Å²) in [6.07, 6.45) is 3.91. The van der Waals surface area contributed by atoms with Crippen LogP contribution in [0.25, 0.3) is 0 Å². The molecule has 2 heterocycles. The number of rotatable bonds is 3. The Morgan fingerprint density at radius 1 is 1.29 bits per heavy atom. The van der Waals surface area contributed by atoms with E-state index >= 15 is 0 Å². The van der Waals surface area contributed by atoms with Gasteiger partial charge in [0.15, 0.2) is 0 Å². The summed E-state index contributed by atoms with van der Waals surface area (Å²) in [5.41, 5.74) is -0.0574. The van der Waals surface area contributed by atoms with E-state index in [1.165, 1.54) is 6.07 Å². The summed E-state index contributed by atoms with van der Waals surface area (Å²) >= 11 is 0. The number of nitrogens with zero attached hydrogens (tertiary/aromatic N) is 2. The molecule has 3 fully saturated rings. The Morgan fingerprint density at radius 2 is 2.05 bits per heavy atom. The number of aromatic nitrogens is 2. The van der Waals surface area contributed by atoms with E-state index in [0.717, 1.165) is 25.7 Å². The van der Waals surface area contributed by atoms with Gasteiger partial charge in [0.1, 0.15) is 11.5 Å². The van der Waals surface area contributed by atoms with Crippen molar-refractivity contribution >= 4 is 5.91 Å². The molecule has 1 aliphatic heterocycles. The third-order valence-electron chi connectivity index (χ3n) is 4.79. The number of carbonyl (C=O) groups excluding carboxylic acids is 1. The molecule has 2 N–H and O–H groups in total. The van der Waals surface area contributed by atoms with Crippen LogP contribution in [0.5, 0.6) is 0 Å². The molecular formula is C15H19N3O3. The quantitative estimate of drug-likeness (QED) is 0.848. The predicted octanol–water partition coefficient (Wildman–Crippen LogP) is 0.490. The number of aliphatic hydroxyl groups excluding tert-OH is 1. The summed E-state index contributed by atoms with van der Waals surface area (Å²) in [6, 6.07) is 1.27. The molecule has 21 heavy (non-hydrogen) atoms. The number of H-pyrrole nitrogens is 1. The summed E-state index contributed by atoms with van der Waals surface area (Å²) in [7, 11) is 0. The summed E-state index contributed by atoms with van der Waals surface area (Å²) in [5, 5.41) is 10.1. The first-order chi connectivity index (χ1) is 10.1. The van der Waals surface area contributed by atoms with Crippen molar-refractivity contribution in [2.45, 2.75) is 37.7 Å². The van der Waals surface area contributed by atoms with E-state index in [1.54, 1.807) is 4.90 Å². The van der Waals surface area contributed by atoms with Crippen LogP contribution >= 0.6 is 0 Å². The van der Waals surface area contributed by atoms with Gasteiger partial charge in [0.2, 0.25) is 0 Å². The second-order valence-corrected chi connectivity index (χ2v) is 6.57. The maximum absolute atomic E-state index is 12.5. The monoisotopic (exact) mass is 289 g/mol. The first-order valence-corrected chi connectivity index (χ1v) is 7.70. The van der Waals surface area contributed by atoms with Crippen LogP contribution in [0, 0.1) is 11.8 Å². The van der Waals surface area contributed by atoms with Gasteiger partial charge in [0, 0.05) is 31.0 Å². The third-order valence-corrected chi connectivity index (χ3v) is 4.79. The van der Waals surface area contributed by atoms with E-state index in [2.05, 4.69) is 9.97 Å². The van der Waals surface area contributed by atoms with E-state index in [-0.39, 0.29) is 23.1 Å². The van der Waals surface area contributed by atoms with Gasteiger partial charge in [-0.2, -0.15) is 0 Å². The Balaban J connectivity index is 1.55. The summed E-state index contributed by atoms with van der Waals surface area (Å²) in [4.78, 5) is 32.9. The maximum atomic E-state index is 12.5.